The number of hydrogen-bond donors (Lipinski definition) is 1. The fraction of sp³-hybridized carbons (Fsp3) is 0.400. The molecule has 0 bridgehead atoms. The van der Waals surface area contributed by atoms with Gasteiger partial charge in [-0.15, -0.1) is 5.10 Å². The van der Waals surface area contributed by atoms with Crippen molar-refractivity contribution in [2.45, 2.75) is 19.4 Å². The molecule has 0 saturated carbocycles. The van der Waals surface area contributed by atoms with E-state index in [1.54, 1.807) is 11.3 Å². The minimum atomic E-state index is 0.190. The van der Waals surface area contributed by atoms with E-state index in [9.17, 15) is 0 Å². The van der Waals surface area contributed by atoms with Crippen LogP contribution in [0.25, 0.3) is 0 Å². The first-order valence-electron chi connectivity index (χ1n) is 4.97. The van der Waals surface area contributed by atoms with Crippen LogP contribution in [0.4, 0.5) is 0 Å². The van der Waals surface area contributed by atoms with Crippen molar-refractivity contribution in [2.24, 2.45) is 0 Å². The topological polar surface area (TPSA) is 37.8 Å². The van der Waals surface area contributed by atoms with E-state index < -0.39 is 0 Å². The van der Waals surface area contributed by atoms with Crippen LogP contribution < -0.4 is 5.32 Å². The molecule has 2 rings (SSSR count). The van der Waals surface area contributed by atoms with Crippen molar-refractivity contribution in [3.63, 3.8) is 0 Å². The van der Waals surface area contributed by atoms with Gasteiger partial charge in [-0.2, -0.15) is 11.3 Å². The number of nitrogens with one attached hydrogen (secondary N) is 1. The molecule has 0 aliphatic heterocycles. The molecule has 86 valence electrons. The molecule has 1 N–H and O–H groups in total. The van der Waals surface area contributed by atoms with Gasteiger partial charge in [-0.25, -0.2) is 0 Å². The molecule has 2 aromatic heterocycles. The highest BCUT2D eigenvalue weighted by molar-refractivity contribution is 9.10. The van der Waals surface area contributed by atoms with Gasteiger partial charge in [0.2, 0.25) is 0 Å². The second-order valence-electron chi connectivity index (χ2n) is 3.33. The zero-order valence-corrected chi connectivity index (χ0v) is 12.2. The Labute approximate surface area is 111 Å². The van der Waals surface area contributed by atoms with E-state index in [4.69, 9.17) is 0 Å². The molecule has 2 heterocycles. The Morgan fingerprint density at radius 1 is 1.50 bits per heavy atom. The molecule has 1 unspecified atom stereocenters. The lowest BCUT2D eigenvalue weighted by Crippen LogP contribution is -2.17. The normalized spacial score (nSPS) is 12.9. The van der Waals surface area contributed by atoms with Gasteiger partial charge in [0.1, 0.15) is 0 Å². The van der Waals surface area contributed by atoms with Gasteiger partial charge in [-0.3, -0.25) is 0 Å². The van der Waals surface area contributed by atoms with Crippen molar-refractivity contribution in [3.05, 3.63) is 31.4 Å². The molecule has 0 aliphatic carbocycles. The molecular weight excluding hydrogens is 306 g/mol. The summed E-state index contributed by atoms with van der Waals surface area (Å²) in [5, 5.41) is 11.7. The zero-order valence-electron chi connectivity index (χ0n) is 9.03. The lowest BCUT2D eigenvalue weighted by molar-refractivity contribution is 0.693. The largest absolute Gasteiger partial charge is 0.308 e. The van der Waals surface area contributed by atoms with Gasteiger partial charge in [0.05, 0.1) is 16.6 Å². The molecule has 1 atom stereocenters. The Morgan fingerprint density at radius 3 is 2.88 bits per heavy atom. The van der Waals surface area contributed by atoms with Gasteiger partial charge < -0.3 is 5.32 Å². The van der Waals surface area contributed by atoms with Crippen LogP contribution in [0.2, 0.25) is 0 Å². The summed E-state index contributed by atoms with van der Waals surface area (Å²) >= 11 is 6.75. The molecule has 6 heteroatoms. The van der Waals surface area contributed by atoms with Crippen LogP contribution in [-0.4, -0.2) is 16.6 Å². The fourth-order valence-electron chi connectivity index (χ4n) is 1.61. The minimum absolute atomic E-state index is 0.190. The van der Waals surface area contributed by atoms with Crippen LogP contribution in [0.5, 0.6) is 0 Å². The molecule has 0 fully saturated rings. The van der Waals surface area contributed by atoms with Crippen LogP contribution in [0.3, 0.4) is 0 Å². The smallest absolute Gasteiger partial charge is 0.0804 e. The molecule has 0 saturated heterocycles. The summed E-state index contributed by atoms with van der Waals surface area (Å²) in [7, 11) is 1.97. The Hall–Kier alpha value is -0.300. The third-order valence-electron chi connectivity index (χ3n) is 2.42. The molecule has 0 aromatic carbocycles. The van der Waals surface area contributed by atoms with Gasteiger partial charge in [0, 0.05) is 9.85 Å². The van der Waals surface area contributed by atoms with Crippen molar-refractivity contribution in [3.8, 4) is 0 Å². The van der Waals surface area contributed by atoms with Crippen molar-refractivity contribution in [2.75, 3.05) is 7.05 Å². The number of nitrogens with zero attached hydrogens (tertiary/aromatic N) is 2. The summed E-state index contributed by atoms with van der Waals surface area (Å²) in [6.07, 6.45) is 0.922. The average Bonchev–Trinajstić information content (AvgIpc) is 2.90. The third kappa shape index (κ3) is 2.20. The van der Waals surface area contributed by atoms with Crippen LogP contribution in [0.15, 0.2) is 15.2 Å². The molecular formula is C10H12BrN3S2. The Kier molecular flexibility index (Phi) is 4.07. The first kappa shape index (κ1) is 12.2. The molecule has 0 aliphatic rings. The van der Waals surface area contributed by atoms with E-state index in [0.717, 1.165) is 16.6 Å². The third-order valence-corrected chi connectivity index (χ3v) is 5.01. The first-order chi connectivity index (χ1) is 7.77. The van der Waals surface area contributed by atoms with Crippen molar-refractivity contribution < 1.29 is 0 Å². The van der Waals surface area contributed by atoms with E-state index >= 15 is 0 Å². The lowest BCUT2D eigenvalue weighted by Gasteiger charge is -2.14. The molecule has 0 radical (unpaired) electrons. The van der Waals surface area contributed by atoms with Crippen molar-refractivity contribution >= 4 is 38.8 Å². The number of halogens is 1. The predicted molar refractivity (Wildman–Crippen MR) is 72.2 cm³/mol. The average molecular weight is 318 g/mol. The highest BCUT2D eigenvalue weighted by Gasteiger charge is 2.21. The first-order valence-corrected chi connectivity index (χ1v) is 7.48. The lowest BCUT2D eigenvalue weighted by atomic mass is 10.1. The van der Waals surface area contributed by atoms with Crippen LogP contribution in [0, 0.1) is 0 Å². The molecule has 0 spiro atoms. The van der Waals surface area contributed by atoms with Crippen LogP contribution in [-0.2, 0) is 6.42 Å². The summed E-state index contributed by atoms with van der Waals surface area (Å²) in [6.45, 7) is 2.11. The fourth-order valence-corrected chi connectivity index (χ4v) is 4.03. The maximum absolute atomic E-state index is 4.16. The SMILES string of the molecule is CCc1nnsc1C(NC)c1cscc1Br. The summed E-state index contributed by atoms with van der Waals surface area (Å²) in [6, 6.07) is 0.190. The highest BCUT2D eigenvalue weighted by atomic mass is 79.9. The number of hydrogen-bond acceptors (Lipinski definition) is 5. The van der Waals surface area contributed by atoms with Crippen molar-refractivity contribution in [1.29, 1.82) is 0 Å². The van der Waals surface area contributed by atoms with Crippen LogP contribution in [0.1, 0.15) is 29.1 Å². The second-order valence-corrected chi connectivity index (χ2v) is 5.72. The number of aryl methyl sites for hydroxylation is 1. The maximum atomic E-state index is 4.16. The van der Waals surface area contributed by atoms with E-state index in [1.165, 1.54) is 22.0 Å². The Morgan fingerprint density at radius 2 is 2.31 bits per heavy atom. The maximum Gasteiger partial charge on any atom is 0.0804 e. The van der Waals surface area contributed by atoms with E-state index in [2.05, 4.69) is 48.5 Å². The molecule has 3 nitrogen and oxygen atoms in total. The van der Waals surface area contributed by atoms with Gasteiger partial charge >= 0.3 is 0 Å². The zero-order chi connectivity index (χ0) is 11.5. The Bertz CT molecular complexity index is 466. The Balaban J connectivity index is 2.40. The van der Waals surface area contributed by atoms with Crippen molar-refractivity contribution in [1.82, 2.24) is 14.9 Å². The quantitative estimate of drug-likeness (QED) is 0.940. The summed E-state index contributed by atoms with van der Waals surface area (Å²) in [4.78, 5) is 1.21. The van der Waals surface area contributed by atoms with Gasteiger partial charge in [-0.1, -0.05) is 11.4 Å². The number of thiophene rings is 1. The summed E-state index contributed by atoms with van der Waals surface area (Å²) in [5.74, 6) is 0. The molecule has 2 aromatic rings. The number of aromatic nitrogens is 2. The van der Waals surface area contributed by atoms with Gasteiger partial charge in [0.15, 0.2) is 0 Å². The highest BCUT2D eigenvalue weighted by Crippen LogP contribution is 2.33. The monoisotopic (exact) mass is 317 g/mol. The molecule has 0 amide bonds. The summed E-state index contributed by atoms with van der Waals surface area (Å²) in [5.41, 5.74) is 2.34. The van der Waals surface area contributed by atoms with Crippen LogP contribution >= 0.6 is 38.8 Å². The standard InChI is InChI=1S/C10H12BrN3S2/c1-3-8-10(16-14-13-8)9(12-2)6-4-15-5-7(6)11/h4-5,9,12H,3H2,1-2H3. The predicted octanol–water partition coefficient (Wildman–Crippen LogP) is 3.23. The van der Waals surface area contributed by atoms with Gasteiger partial charge in [0.25, 0.3) is 0 Å². The minimum Gasteiger partial charge on any atom is -0.308 e. The van der Waals surface area contributed by atoms with E-state index in [-0.39, 0.29) is 6.04 Å². The molecule has 16 heavy (non-hydrogen) atoms. The van der Waals surface area contributed by atoms with Gasteiger partial charge in [-0.05, 0) is 51.9 Å². The van der Waals surface area contributed by atoms with E-state index in [1.807, 2.05) is 7.05 Å². The van der Waals surface area contributed by atoms with E-state index in [0.29, 0.717) is 0 Å². The summed E-state index contributed by atoms with van der Waals surface area (Å²) < 4.78 is 5.19. The second kappa shape index (κ2) is 5.35. The number of rotatable bonds is 4.